The van der Waals surface area contributed by atoms with Gasteiger partial charge in [-0.2, -0.15) is 0 Å². The number of ketones is 1. The van der Waals surface area contributed by atoms with Gasteiger partial charge in [0, 0.05) is 50.9 Å². The lowest BCUT2D eigenvalue weighted by molar-refractivity contribution is -0.124. The monoisotopic (exact) mass is 482 g/mol. The van der Waals surface area contributed by atoms with Gasteiger partial charge in [-0.05, 0) is 41.5 Å². The third kappa shape index (κ3) is 7.29. The maximum absolute atomic E-state index is 13.0. The number of rotatable bonds is 9. The van der Waals surface area contributed by atoms with Crippen molar-refractivity contribution in [3.8, 4) is 0 Å². The summed E-state index contributed by atoms with van der Waals surface area (Å²) in [6.45, 7) is 5.63. The molecule has 1 amide bonds. The minimum Gasteiger partial charge on any atom is -0.297 e. The first-order valence-corrected chi connectivity index (χ1v) is 12.0. The summed E-state index contributed by atoms with van der Waals surface area (Å²) in [6, 6.07) is 23.6. The van der Waals surface area contributed by atoms with E-state index in [4.69, 9.17) is 5.21 Å². The summed E-state index contributed by atoms with van der Waals surface area (Å²) < 4.78 is 0. The Labute approximate surface area is 211 Å². The van der Waals surface area contributed by atoms with E-state index in [-0.39, 0.29) is 5.78 Å². The Kier molecular flexibility index (Phi) is 8.88. The highest BCUT2D eigenvalue weighted by molar-refractivity contribution is 6.07. The van der Waals surface area contributed by atoms with E-state index >= 15 is 0 Å². The fraction of sp³-hybridized carbons (Fsp3) is 0.207. The maximum atomic E-state index is 13.0. The summed E-state index contributed by atoms with van der Waals surface area (Å²) in [5.74, 6) is -0.710. The SMILES string of the molecule is O=C(/C=C/c1cccc(/C=C/C(=O)c2ccccc2CN2CCN(Cc3ccccc3)CC2)n1)NO. The fourth-order valence-electron chi connectivity index (χ4n) is 4.19. The molecule has 3 aromatic rings. The van der Waals surface area contributed by atoms with Gasteiger partial charge >= 0.3 is 0 Å². The number of pyridine rings is 1. The number of nitrogens with zero attached hydrogens (tertiary/aromatic N) is 3. The Morgan fingerprint density at radius 2 is 1.39 bits per heavy atom. The molecule has 0 aliphatic carbocycles. The predicted octanol–water partition coefficient (Wildman–Crippen LogP) is 3.81. The van der Waals surface area contributed by atoms with Crippen LogP contribution in [0, 0.1) is 0 Å². The van der Waals surface area contributed by atoms with Gasteiger partial charge < -0.3 is 0 Å². The smallest absolute Gasteiger partial charge is 0.267 e. The molecule has 1 aromatic heterocycles. The van der Waals surface area contributed by atoms with Gasteiger partial charge in [-0.1, -0.05) is 60.7 Å². The summed E-state index contributed by atoms with van der Waals surface area (Å²) in [4.78, 5) is 33.5. The zero-order valence-electron chi connectivity index (χ0n) is 20.1. The van der Waals surface area contributed by atoms with Crippen LogP contribution in [0.15, 0.2) is 84.9 Å². The van der Waals surface area contributed by atoms with E-state index < -0.39 is 5.91 Å². The summed E-state index contributed by atoms with van der Waals surface area (Å²) in [5, 5.41) is 8.59. The van der Waals surface area contributed by atoms with Crippen LogP contribution in [0.4, 0.5) is 0 Å². The van der Waals surface area contributed by atoms with Crippen LogP contribution in [0.5, 0.6) is 0 Å². The number of hydroxylamine groups is 1. The topological polar surface area (TPSA) is 85.8 Å². The van der Waals surface area contributed by atoms with E-state index in [9.17, 15) is 9.59 Å². The van der Waals surface area contributed by atoms with Crippen LogP contribution in [-0.2, 0) is 17.9 Å². The second-order valence-electron chi connectivity index (χ2n) is 8.69. The molecule has 1 aliphatic rings. The molecular formula is C29H30N4O3. The third-order valence-electron chi connectivity index (χ3n) is 6.10. The van der Waals surface area contributed by atoms with Crippen molar-refractivity contribution in [3.63, 3.8) is 0 Å². The quantitative estimate of drug-likeness (QED) is 0.209. The van der Waals surface area contributed by atoms with E-state index in [1.807, 2.05) is 30.3 Å². The number of hydrogen-bond donors (Lipinski definition) is 2. The molecule has 1 aliphatic heterocycles. The van der Waals surface area contributed by atoms with Gasteiger partial charge in [0.25, 0.3) is 5.91 Å². The van der Waals surface area contributed by atoms with Gasteiger partial charge in [-0.25, -0.2) is 10.5 Å². The second-order valence-corrected chi connectivity index (χ2v) is 8.69. The first-order chi connectivity index (χ1) is 17.6. The molecule has 0 bridgehead atoms. The van der Waals surface area contributed by atoms with Crippen molar-refractivity contribution < 1.29 is 14.8 Å². The van der Waals surface area contributed by atoms with Gasteiger partial charge in [0.05, 0.1) is 11.4 Å². The number of aromatic nitrogens is 1. The molecular weight excluding hydrogens is 452 g/mol. The standard InChI is InChI=1S/C29H30N4O3/c34-28(15-13-25-10-6-11-26(30-25)14-16-29(35)31-36)27-12-5-4-9-24(27)22-33-19-17-32(18-20-33)21-23-7-2-1-3-8-23/h1-16,36H,17-22H2,(H,31,35)/b15-13+,16-14+. The van der Waals surface area contributed by atoms with Crippen molar-refractivity contribution in [2.45, 2.75) is 13.1 Å². The molecule has 7 heteroatoms. The zero-order chi connectivity index (χ0) is 25.2. The maximum Gasteiger partial charge on any atom is 0.267 e. The van der Waals surface area contributed by atoms with Gasteiger partial charge in [0.2, 0.25) is 0 Å². The van der Waals surface area contributed by atoms with Crippen LogP contribution in [0.2, 0.25) is 0 Å². The zero-order valence-corrected chi connectivity index (χ0v) is 20.1. The van der Waals surface area contributed by atoms with Crippen LogP contribution in [0.1, 0.15) is 32.9 Å². The molecule has 4 rings (SSSR count). The summed E-state index contributed by atoms with van der Waals surface area (Å²) in [5.41, 5.74) is 5.72. The lowest BCUT2D eigenvalue weighted by Crippen LogP contribution is -2.45. The molecule has 0 atom stereocenters. The van der Waals surface area contributed by atoms with Crippen molar-refractivity contribution in [2.75, 3.05) is 26.2 Å². The van der Waals surface area contributed by atoms with Crippen LogP contribution in [0.25, 0.3) is 12.2 Å². The number of nitrogens with one attached hydrogen (secondary N) is 1. The van der Waals surface area contributed by atoms with Crippen molar-refractivity contribution in [1.82, 2.24) is 20.3 Å². The van der Waals surface area contributed by atoms with Gasteiger partial charge in [-0.3, -0.25) is 24.6 Å². The minimum atomic E-state index is -0.637. The van der Waals surface area contributed by atoms with Crippen molar-refractivity contribution in [3.05, 3.63) is 113 Å². The Morgan fingerprint density at radius 1 is 0.778 bits per heavy atom. The predicted molar refractivity (Wildman–Crippen MR) is 140 cm³/mol. The molecule has 184 valence electrons. The summed E-state index contributed by atoms with van der Waals surface area (Å²) >= 11 is 0. The molecule has 7 nitrogen and oxygen atoms in total. The number of amides is 1. The Hall–Kier alpha value is -3.91. The van der Waals surface area contributed by atoms with Crippen LogP contribution in [0.3, 0.4) is 0 Å². The van der Waals surface area contributed by atoms with Gasteiger partial charge in [-0.15, -0.1) is 0 Å². The second kappa shape index (κ2) is 12.7. The Balaban J connectivity index is 1.36. The number of hydrogen-bond acceptors (Lipinski definition) is 6. The number of carbonyl (C=O) groups is 2. The largest absolute Gasteiger partial charge is 0.297 e. The van der Waals surface area contributed by atoms with Crippen LogP contribution in [-0.4, -0.2) is 57.9 Å². The molecule has 2 aromatic carbocycles. The molecule has 2 heterocycles. The van der Waals surface area contributed by atoms with Crippen molar-refractivity contribution in [1.29, 1.82) is 0 Å². The van der Waals surface area contributed by atoms with E-state index in [1.165, 1.54) is 29.3 Å². The number of piperazine rings is 1. The lowest BCUT2D eigenvalue weighted by atomic mass is 10.0. The summed E-state index contributed by atoms with van der Waals surface area (Å²) in [7, 11) is 0. The molecule has 1 fully saturated rings. The van der Waals surface area contributed by atoms with Crippen LogP contribution >= 0.6 is 0 Å². The number of allylic oxidation sites excluding steroid dienone is 1. The average Bonchev–Trinajstić information content (AvgIpc) is 2.92. The highest BCUT2D eigenvalue weighted by Crippen LogP contribution is 2.16. The normalized spacial score (nSPS) is 14.9. The number of carbonyl (C=O) groups excluding carboxylic acids is 2. The van der Waals surface area contributed by atoms with Gasteiger partial charge in [0.1, 0.15) is 0 Å². The van der Waals surface area contributed by atoms with Crippen molar-refractivity contribution >= 4 is 23.8 Å². The van der Waals surface area contributed by atoms with E-state index in [2.05, 4.69) is 39.0 Å². The molecule has 36 heavy (non-hydrogen) atoms. The van der Waals surface area contributed by atoms with Gasteiger partial charge in [0.15, 0.2) is 5.78 Å². The Bertz CT molecular complexity index is 1230. The first-order valence-electron chi connectivity index (χ1n) is 12.0. The Morgan fingerprint density at radius 3 is 2.08 bits per heavy atom. The fourth-order valence-corrected chi connectivity index (χ4v) is 4.19. The van der Waals surface area contributed by atoms with Crippen LogP contribution < -0.4 is 5.48 Å². The average molecular weight is 483 g/mol. The highest BCUT2D eigenvalue weighted by atomic mass is 16.5. The summed E-state index contributed by atoms with van der Waals surface area (Å²) in [6.07, 6.45) is 5.87. The number of benzene rings is 2. The third-order valence-corrected chi connectivity index (χ3v) is 6.10. The highest BCUT2D eigenvalue weighted by Gasteiger charge is 2.19. The van der Waals surface area contributed by atoms with E-state index in [0.29, 0.717) is 17.0 Å². The van der Waals surface area contributed by atoms with E-state index in [1.54, 1.807) is 24.3 Å². The molecule has 0 unspecified atom stereocenters. The molecule has 0 spiro atoms. The van der Waals surface area contributed by atoms with E-state index in [0.717, 1.165) is 44.8 Å². The molecule has 1 saturated heterocycles. The minimum absolute atomic E-state index is 0.0734. The molecule has 2 N–H and O–H groups in total. The lowest BCUT2D eigenvalue weighted by Gasteiger charge is -2.35. The van der Waals surface area contributed by atoms with Crippen molar-refractivity contribution in [2.24, 2.45) is 0 Å². The molecule has 0 radical (unpaired) electrons. The molecule has 0 saturated carbocycles. The first kappa shape index (κ1) is 25.2.